The second-order valence-electron chi connectivity index (χ2n) is 0.896. The zero-order valence-corrected chi connectivity index (χ0v) is 15.4. The molecule has 0 aromatic heterocycles. The molecule has 0 aromatic carbocycles. The van der Waals surface area contributed by atoms with Crippen LogP contribution in [0, 0.1) is 0 Å². The molecule has 12 heavy (non-hydrogen) atoms. The molecule has 0 amide bonds. The summed E-state index contributed by atoms with van der Waals surface area (Å²) in [6.07, 6.45) is 0. The monoisotopic (exact) mass is 424 g/mol. The Kier molecular flexibility index (Phi) is 17.9. The first-order valence-electron chi connectivity index (χ1n) is 1.40. The minimum Gasteiger partial charge on any atom is -0.264 e. The molecule has 0 aliphatic carbocycles. The summed E-state index contributed by atoms with van der Waals surface area (Å²) in [5.74, 6) is 0. The molecule has 8 nitrogen and oxygen atoms in total. The van der Waals surface area contributed by atoms with E-state index in [1.165, 1.54) is 0 Å². The Morgan fingerprint density at radius 2 is 0.583 bits per heavy atom. The molecule has 0 heterocycles. The zero-order valence-electron chi connectivity index (χ0n) is 5.65. The zero-order chi connectivity index (χ0) is 9.00. The predicted molar refractivity (Wildman–Crippen MR) is 28.4 cm³/mol. The number of rotatable bonds is 0. The fourth-order valence-electron chi connectivity index (χ4n) is 0. The Hall–Kier alpha value is 1.58. The third-order valence-electron chi connectivity index (χ3n) is 0. The van der Waals surface area contributed by atoms with E-state index in [-0.39, 0.29) is 54.6 Å². The van der Waals surface area contributed by atoms with Crippen molar-refractivity contribution in [3.8, 4) is 0 Å². The average Bonchev–Trinajstić information content (AvgIpc) is 1.12. The van der Waals surface area contributed by atoms with Gasteiger partial charge in [-0.15, -0.1) is 0 Å². The third kappa shape index (κ3) is 517. The summed E-state index contributed by atoms with van der Waals surface area (Å²) >= 11 is 0. The minimum atomic E-state index is -4.67. The van der Waals surface area contributed by atoms with Gasteiger partial charge in [-0.2, -0.15) is 16.8 Å². The number of hydrogen-bond acceptors (Lipinski definition) is 4. The van der Waals surface area contributed by atoms with Crippen LogP contribution in [0.5, 0.6) is 0 Å². The van der Waals surface area contributed by atoms with Crippen LogP contribution in [0.25, 0.3) is 0 Å². The van der Waals surface area contributed by atoms with Gasteiger partial charge in [0.2, 0.25) is 0 Å². The van der Waals surface area contributed by atoms with Gasteiger partial charge in [0.1, 0.15) is 0 Å². The molecule has 0 saturated heterocycles. The van der Waals surface area contributed by atoms with Crippen molar-refractivity contribution < 1.29 is 89.6 Å². The fourth-order valence-corrected chi connectivity index (χ4v) is 0. The largest absolute Gasteiger partial charge is 0.394 e. The smallest absolute Gasteiger partial charge is 0.264 e. The summed E-state index contributed by atoms with van der Waals surface area (Å²) in [7, 11) is -9.33. The topological polar surface area (TPSA) is 149 Å². The molecule has 12 heteroatoms. The van der Waals surface area contributed by atoms with E-state index in [0.717, 1.165) is 0 Å². The molecule has 0 bridgehead atoms. The van der Waals surface area contributed by atoms with Gasteiger partial charge in [-0.1, -0.05) is 0 Å². The van der Waals surface area contributed by atoms with Crippen molar-refractivity contribution in [2.75, 3.05) is 0 Å². The van der Waals surface area contributed by atoms with E-state index < -0.39 is 20.8 Å². The molecule has 0 aliphatic rings. The molecular weight excluding hydrogens is 417 g/mol. The van der Waals surface area contributed by atoms with Crippen LogP contribution in [0.3, 0.4) is 0 Å². The summed E-state index contributed by atoms with van der Waals surface area (Å²) < 4.78 is 63.2. The molecule has 0 rings (SSSR count). The van der Waals surface area contributed by atoms with Crippen molar-refractivity contribution in [2.24, 2.45) is 0 Å². The maximum Gasteiger partial charge on any atom is 0.394 e. The minimum absolute atomic E-state index is 0. The molecule has 0 radical (unpaired) electrons. The van der Waals surface area contributed by atoms with E-state index in [4.69, 9.17) is 35.0 Å². The molecule has 0 fully saturated rings. The van der Waals surface area contributed by atoms with Gasteiger partial charge in [-0.25, -0.2) is 0 Å². The normalized spacial score (nSPS) is 9.67. The molecule has 0 spiro atoms. The Bertz CT molecular complexity index is 211. The van der Waals surface area contributed by atoms with Crippen molar-refractivity contribution in [3.05, 3.63) is 0 Å². The van der Waals surface area contributed by atoms with Crippen LogP contribution in [-0.2, 0) is 75.4 Å². The van der Waals surface area contributed by atoms with Gasteiger partial charge < -0.3 is 0 Å². The number of hydrogen-bond donors (Lipinski definition) is 4. The van der Waals surface area contributed by atoms with E-state index in [2.05, 4.69) is 0 Å². The molecule has 0 aliphatic heterocycles. The Morgan fingerprint density at radius 3 is 0.583 bits per heavy atom. The Balaban J connectivity index is -0.0000000457. The third-order valence-corrected chi connectivity index (χ3v) is 0. The van der Waals surface area contributed by atoms with E-state index in [9.17, 15) is 0 Å². The van der Waals surface area contributed by atoms with E-state index in [1.807, 2.05) is 0 Å². The van der Waals surface area contributed by atoms with Gasteiger partial charge in [-0.05, 0) is 0 Å². The van der Waals surface area contributed by atoms with Crippen molar-refractivity contribution >= 4 is 20.8 Å². The summed E-state index contributed by atoms with van der Waals surface area (Å²) in [5, 5.41) is 0. The van der Waals surface area contributed by atoms with Crippen molar-refractivity contribution in [1.82, 2.24) is 0 Å². The van der Waals surface area contributed by atoms with Gasteiger partial charge in [-0.3, -0.25) is 18.2 Å². The fraction of sp³-hybridized carbons (Fsp3) is 0. The van der Waals surface area contributed by atoms with Crippen LogP contribution in [0.1, 0.15) is 0 Å². The van der Waals surface area contributed by atoms with E-state index in [0.29, 0.717) is 0 Å². The SMILES string of the molecule is O=S(=O)(O)O.O=S(=O)(O)O.[Cd].[Cd]. The predicted octanol–water partition coefficient (Wildman–Crippen LogP) is -1.31. The van der Waals surface area contributed by atoms with Crippen LogP contribution in [0.4, 0.5) is 0 Å². The molecule has 4 N–H and O–H groups in total. The first kappa shape index (κ1) is 23.4. The van der Waals surface area contributed by atoms with Crippen molar-refractivity contribution in [3.63, 3.8) is 0 Å². The Morgan fingerprint density at radius 1 is 0.583 bits per heavy atom. The van der Waals surface area contributed by atoms with Crippen LogP contribution in [0.2, 0.25) is 0 Å². The van der Waals surface area contributed by atoms with Crippen molar-refractivity contribution in [2.45, 2.75) is 0 Å². The molecule has 0 unspecified atom stereocenters. The molecule has 0 saturated carbocycles. The standard InChI is InChI=1S/2Cd.2H2O4S/c;;2*1-5(2,3)4/h;;2*(H2,1,2,3,4). The quantitative estimate of drug-likeness (QED) is 0.278. The van der Waals surface area contributed by atoms with Crippen LogP contribution >= 0.6 is 0 Å². The molecule has 0 aromatic rings. The van der Waals surface area contributed by atoms with Crippen LogP contribution < -0.4 is 0 Å². The molecular formula is H4Cd2O8S2. The summed E-state index contributed by atoms with van der Waals surface area (Å²) in [4.78, 5) is 0. The maximum atomic E-state index is 8.74. The first-order valence-corrected chi connectivity index (χ1v) is 4.19. The average molecular weight is 421 g/mol. The van der Waals surface area contributed by atoms with Crippen LogP contribution in [-0.4, -0.2) is 35.0 Å². The molecule has 0 atom stereocenters. The Labute approximate surface area is 109 Å². The maximum absolute atomic E-state index is 8.74. The van der Waals surface area contributed by atoms with Gasteiger partial charge in [0, 0.05) is 54.6 Å². The van der Waals surface area contributed by atoms with Gasteiger partial charge in [0.15, 0.2) is 0 Å². The molecule has 68 valence electrons. The second kappa shape index (κ2) is 9.15. The van der Waals surface area contributed by atoms with Gasteiger partial charge in [0.25, 0.3) is 0 Å². The first-order chi connectivity index (χ1) is 4.00. The summed E-state index contributed by atoms with van der Waals surface area (Å²) in [6.45, 7) is 0. The summed E-state index contributed by atoms with van der Waals surface area (Å²) in [6, 6.07) is 0. The second-order valence-corrected chi connectivity index (χ2v) is 2.69. The van der Waals surface area contributed by atoms with E-state index in [1.54, 1.807) is 0 Å². The van der Waals surface area contributed by atoms with E-state index >= 15 is 0 Å². The van der Waals surface area contributed by atoms with Crippen molar-refractivity contribution in [1.29, 1.82) is 0 Å². The van der Waals surface area contributed by atoms with Crippen LogP contribution in [0.15, 0.2) is 0 Å². The van der Waals surface area contributed by atoms with Gasteiger partial charge >= 0.3 is 20.8 Å². The van der Waals surface area contributed by atoms with Gasteiger partial charge in [0.05, 0.1) is 0 Å². The summed E-state index contributed by atoms with van der Waals surface area (Å²) in [5.41, 5.74) is 0.